The summed E-state index contributed by atoms with van der Waals surface area (Å²) in [6.07, 6.45) is 1.42. The van der Waals surface area contributed by atoms with Gasteiger partial charge >= 0.3 is 0 Å². The minimum atomic E-state index is -0.544. The predicted molar refractivity (Wildman–Crippen MR) is 88.5 cm³/mol. The Morgan fingerprint density at radius 1 is 1.17 bits per heavy atom. The molecule has 0 aliphatic carbocycles. The number of amides is 1. The predicted octanol–water partition coefficient (Wildman–Crippen LogP) is 0.856. The zero-order chi connectivity index (χ0) is 16.9. The van der Waals surface area contributed by atoms with Crippen molar-refractivity contribution in [3.8, 4) is 6.07 Å². The summed E-state index contributed by atoms with van der Waals surface area (Å²) >= 11 is 0. The lowest BCUT2D eigenvalue weighted by molar-refractivity contribution is 0.0217. The maximum atomic E-state index is 12.7. The van der Waals surface area contributed by atoms with Gasteiger partial charge in [-0.1, -0.05) is 0 Å². The van der Waals surface area contributed by atoms with Crippen LogP contribution < -0.4 is 0 Å². The number of benzene rings is 1. The highest BCUT2D eigenvalue weighted by Gasteiger charge is 2.29. The molecule has 0 spiro atoms. The van der Waals surface area contributed by atoms with Crippen LogP contribution >= 0.6 is 0 Å². The fourth-order valence-electron chi connectivity index (χ4n) is 3.45. The van der Waals surface area contributed by atoms with Crippen molar-refractivity contribution in [3.63, 3.8) is 0 Å². The summed E-state index contributed by atoms with van der Waals surface area (Å²) in [5, 5.41) is 19.2. The number of rotatable bonds is 2. The van der Waals surface area contributed by atoms with Crippen molar-refractivity contribution in [2.45, 2.75) is 25.0 Å². The molecule has 24 heavy (non-hydrogen) atoms. The highest BCUT2D eigenvalue weighted by molar-refractivity contribution is 5.94. The molecule has 2 fully saturated rings. The molecule has 128 valence electrons. The van der Waals surface area contributed by atoms with Gasteiger partial charge in [0, 0.05) is 51.0 Å². The van der Waals surface area contributed by atoms with Gasteiger partial charge in [0.1, 0.15) is 0 Å². The van der Waals surface area contributed by atoms with E-state index in [2.05, 4.69) is 11.0 Å². The first-order chi connectivity index (χ1) is 11.7. The van der Waals surface area contributed by atoms with E-state index >= 15 is 0 Å². The number of nitrogens with zero attached hydrogens (tertiary/aromatic N) is 3. The van der Waals surface area contributed by atoms with Gasteiger partial charge in [0.15, 0.2) is 0 Å². The Hall–Kier alpha value is -1.94. The molecule has 0 unspecified atom stereocenters. The van der Waals surface area contributed by atoms with Crippen molar-refractivity contribution >= 4 is 5.91 Å². The summed E-state index contributed by atoms with van der Waals surface area (Å²) in [6.45, 7) is 3.85. The molecule has 2 saturated heterocycles. The van der Waals surface area contributed by atoms with Crippen LogP contribution in [0.5, 0.6) is 0 Å². The van der Waals surface area contributed by atoms with E-state index in [0.29, 0.717) is 36.8 Å². The molecule has 0 aromatic heterocycles. The lowest BCUT2D eigenvalue weighted by Gasteiger charge is -2.33. The molecule has 0 bridgehead atoms. The van der Waals surface area contributed by atoms with Crippen molar-refractivity contribution in [1.82, 2.24) is 9.80 Å². The number of β-amino-alcohol motifs (C(OH)–C–C–N with tert-alkyl or cyclic N) is 1. The van der Waals surface area contributed by atoms with E-state index in [9.17, 15) is 9.90 Å². The van der Waals surface area contributed by atoms with Gasteiger partial charge in [0.2, 0.25) is 0 Å². The van der Waals surface area contributed by atoms with Crippen LogP contribution in [-0.4, -0.2) is 72.4 Å². The van der Waals surface area contributed by atoms with Crippen LogP contribution in [-0.2, 0) is 4.74 Å². The first-order valence-electron chi connectivity index (χ1n) is 8.46. The second-order valence-corrected chi connectivity index (χ2v) is 6.43. The Morgan fingerprint density at radius 2 is 1.88 bits per heavy atom. The first-order valence-corrected chi connectivity index (χ1v) is 8.46. The molecular formula is C18H23N3O3. The van der Waals surface area contributed by atoms with Crippen LogP contribution in [0.1, 0.15) is 28.8 Å². The van der Waals surface area contributed by atoms with Gasteiger partial charge < -0.3 is 14.7 Å². The van der Waals surface area contributed by atoms with Crippen molar-refractivity contribution in [2.24, 2.45) is 0 Å². The largest absolute Gasteiger partial charge is 0.390 e. The zero-order valence-electron chi connectivity index (χ0n) is 13.7. The Bertz CT molecular complexity index is 605. The molecule has 1 aromatic carbocycles. The number of ether oxygens (including phenoxy) is 1. The van der Waals surface area contributed by atoms with E-state index in [-0.39, 0.29) is 5.91 Å². The number of carbonyl (C=O) groups excluding carboxylic acids is 1. The minimum absolute atomic E-state index is 0.0904. The van der Waals surface area contributed by atoms with Gasteiger partial charge in [0.25, 0.3) is 5.91 Å². The average molecular weight is 329 g/mol. The Balaban J connectivity index is 1.65. The number of hydrogen-bond acceptors (Lipinski definition) is 5. The lowest BCUT2D eigenvalue weighted by atomic mass is 10.1. The summed E-state index contributed by atoms with van der Waals surface area (Å²) in [7, 11) is 0. The Labute approximate surface area is 142 Å². The van der Waals surface area contributed by atoms with E-state index in [1.165, 1.54) is 0 Å². The van der Waals surface area contributed by atoms with Gasteiger partial charge in [-0.3, -0.25) is 9.69 Å². The molecule has 0 radical (unpaired) electrons. The first kappa shape index (κ1) is 16.9. The fourth-order valence-corrected chi connectivity index (χ4v) is 3.45. The quantitative estimate of drug-likeness (QED) is 0.871. The van der Waals surface area contributed by atoms with Crippen molar-refractivity contribution in [2.75, 3.05) is 39.4 Å². The highest BCUT2D eigenvalue weighted by atomic mass is 16.5. The van der Waals surface area contributed by atoms with Gasteiger partial charge in [-0.05, 0) is 37.1 Å². The number of carbonyl (C=O) groups is 1. The van der Waals surface area contributed by atoms with Gasteiger partial charge in [-0.15, -0.1) is 0 Å². The van der Waals surface area contributed by atoms with Crippen LogP contribution in [0, 0.1) is 11.3 Å². The third kappa shape index (κ3) is 3.93. The number of aliphatic hydroxyl groups excluding tert-OH is 1. The summed E-state index contributed by atoms with van der Waals surface area (Å²) < 4.78 is 5.41. The maximum absolute atomic E-state index is 12.7. The lowest BCUT2D eigenvalue weighted by Crippen LogP contribution is -2.43. The van der Waals surface area contributed by atoms with Crippen LogP contribution in [0.15, 0.2) is 24.3 Å². The molecule has 2 aliphatic heterocycles. The number of hydrogen-bond donors (Lipinski definition) is 1. The Morgan fingerprint density at radius 3 is 2.54 bits per heavy atom. The molecule has 6 nitrogen and oxygen atoms in total. The van der Waals surface area contributed by atoms with Crippen molar-refractivity contribution in [1.29, 1.82) is 5.26 Å². The molecule has 1 atom stereocenters. The molecule has 1 N–H and O–H groups in total. The average Bonchev–Trinajstić information content (AvgIpc) is 2.83. The van der Waals surface area contributed by atoms with Crippen molar-refractivity contribution < 1.29 is 14.6 Å². The maximum Gasteiger partial charge on any atom is 0.253 e. The molecule has 2 aliphatic rings. The zero-order valence-corrected chi connectivity index (χ0v) is 13.7. The van der Waals surface area contributed by atoms with Gasteiger partial charge in [-0.2, -0.15) is 5.26 Å². The van der Waals surface area contributed by atoms with Crippen molar-refractivity contribution in [3.05, 3.63) is 35.4 Å². The smallest absolute Gasteiger partial charge is 0.253 e. The normalized spacial score (nSPS) is 23.5. The van der Waals surface area contributed by atoms with E-state index in [0.717, 1.165) is 32.6 Å². The summed E-state index contributed by atoms with van der Waals surface area (Å²) in [5.74, 6) is -0.0904. The summed E-state index contributed by atoms with van der Waals surface area (Å²) in [6, 6.07) is 9.13. The molecule has 6 heteroatoms. The second kappa shape index (κ2) is 7.75. The molecule has 1 amide bonds. The van der Waals surface area contributed by atoms with E-state index in [1.54, 1.807) is 29.2 Å². The minimum Gasteiger partial charge on any atom is -0.390 e. The highest BCUT2D eigenvalue weighted by Crippen LogP contribution is 2.18. The molecular weight excluding hydrogens is 306 g/mol. The SMILES string of the molecule is N#Cc1ccc(C(=O)N2CCN(C3CCOCC3)C[C@@H](O)C2)cc1. The van der Waals surface area contributed by atoms with Gasteiger partial charge in [0.05, 0.1) is 17.7 Å². The standard InChI is InChI=1S/C18H23N3O3/c19-11-14-1-3-15(4-2-14)18(23)21-8-7-20(12-17(22)13-21)16-5-9-24-10-6-16/h1-4,16-17,22H,5-10,12-13H2/t17-/m1/s1. The number of nitriles is 1. The molecule has 3 rings (SSSR count). The van der Waals surface area contributed by atoms with Crippen LogP contribution in [0.2, 0.25) is 0 Å². The van der Waals surface area contributed by atoms with E-state index in [1.807, 2.05) is 0 Å². The monoisotopic (exact) mass is 329 g/mol. The summed E-state index contributed by atoms with van der Waals surface area (Å²) in [5.41, 5.74) is 1.09. The van der Waals surface area contributed by atoms with Crippen LogP contribution in [0.25, 0.3) is 0 Å². The van der Waals surface area contributed by atoms with E-state index in [4.69, 9.17) is 10.00 Å². The molecule has 0 saturated carbocycles. The van der Waals surface area contributed by atoms with Crippen LogP contribution in [0.4, 0.5) is 0 Å². The van der Waals surface area contributed by atoms with Crippen LogP contribution in [0.3, 0.4) is 0 Å². The third-order valence-electron chi connectivity index (χ3n) is 4.79. The fraction of sp³-hybridized carbons (Fsp3) is 0.556. The third-order valence-corrected chi connectivity index (χ3v) is 4.79. The van der Waals surface area contributed by atoms with E-state index < -0.39 is 6.10 Å². The summed E-state index contributed by atoms with van der Waals surface area (Å²) in [4.78, 5) is 16.7. The molecule has 2 heterocycles. The topological polar surface area (TPSA) is 76.8 Å². The number of aliphatic hydroxyl groups is 1. The second-order valence-electron chi connectivity index (χ2n) is 6.43. The Kier molecular flexibility index (Phi) is 5.46. The van der Waals surface area contributed by atoms with Gasteiger partial charge in [-0.25, -0.2) is 0 Å². The molecule has 1 aromatic rings.